The number of H-pyrrole nitrogens is 1. The summed E-state index contributed by atoms with van der Waals surface area (Å²) >= 11 is 6.01. The first kappa shape index (κ1) is 11.9. The number of aromatic amines is 1. The number of carbonyl (C=O) groups excluding carboxylic acids is 1. The Morgan fingerprint density at radius 1 is 1.11 bits per heavy atom. The normalized spacial score (nSPS) is 10.8. The van der Waals surface area contributed by atoms with Crippen LogP contribution in [0.4, 0.5) is 0 Å². The van der Waals surface area contributed by atoms with Crippen LogP contribution in [0, 0.1) is 0 Å². The molecule has 0 spiro atoms. The van der Waals surface area contributed by atoms with Gasteiger partial charge in [0, 0.05) is 5.56 Å². The van der Waals surface area contributed by atoms with E-state index < -0.39 is 0 Å². The summed E-state index contributed by atoms with van der Waals surface area (Å²) in [4.78, 5) is 19.7. The lowest BCUT2D eigenvalue weighted by molar-refractivity contribution is 0.0991. The number of carbonyl (C=O) groups is 1. The predicted molar refractivity (Wildman–Crippen MR) is 75.6 cm³/mol. The SMILES string of the molecule is O=C(Cc1nc2ccccc2[nH]1)c1ccccc1Cl. The van der Waals surface area contributed by atoms with Gasteiger partial charge in [-0.3, -0.25) is 4.79 Å². The monoisotopic (exact) mass is 270 g/mol. The minimum atomic E-state index is -0.0374. The molecule has 3 aromatic rings. The van der Waals surface area contributed by atoms with E-state index in [0.717, 1.165) is 11.0 Å². The molecule has 3 nitrogen and oxygen atoms in total. The standard InChI is InChI=1S/C15H11ClN2O/c16-11-6-2-1-5-10(11)14(19)9-15-17-12-7-3-4-8-13(12)18-15/h1-8H,9H2,(H,17,18). The molecule has 0 bridgehead atoms. The maximum Gasteiger partial charge on any atom is 0.171 e. The molecule has 0 aliphatic rings. The second-order valence-corrected chi connectivity index (χ2v) is 4.69. The van der Waals surface area contributed by atoms with Crippen molar-refractivity contribution in [1.82, 2.24) is 9.97 Å². The minimum Gasteiger partial charge on any atom is -0.342 e. The van der Waals surface area contributed by atoms with Crippen LogP contribution in [0.1, 0.15) is 16.2 Å². The number of rotatable bonds is 3. The lowest BCUT2D eigenvalue weighted by atomic mass is 10.1. The van der Waals surface area contributed by atoms with Crippen molar-refractivity contribution in [2.45, 2.75) is 6.42 Å². The lowest BCUT2D eigenvalue weighted by Crippen LogP contribution is -2.05. The Hall–Kier alpha value is -2.13. The first-order valence-corrected chi connectivity index (χ1v) is 6.33. The van der Waals surface area contributed by atoms with Gasteiger partial charge in [0.25, 0.3) is 0 Å². The molecule has 0 atom stereocenters. The van der Waals surface area contributed by atoms with Crippen molar-refractivity contribution in [3.05, 3.63) is 64.9 Å². The molecule has 0 fully saturated rings. The number of Topliss-reactive ketones (excluding diaryl/α,β-unsaturated/α-hetero) is 1. The Morgan fingerprint density at radius 3 is 2.63 bits per heavy atom. The van der Waals surface area contributed by atoms with E-state index >= 15 is 0 Å². The Kier molecular flexibility index (Phi) is 3.05. The molecule has 0 unspecified atom stereocenters. The first-order valence-electron chi connectivity index (χ1n) is 5.95. The third-order valence-electron chi connectivity index (χ3n) is 2.94. The average molecular weight is 271 g/mol. The molecule has 0 saturated heterocycles. The van der Waals surface area contributed by atoms with Crippen LogP contribution in [0.25, 0.3) is 11.0 Å². The molecule has 94 valence electrons. The van der Waals surface area contributed by atoms with Gasteiger partial charge in [0.2, 0.25) is 0 Å². The maximum atomic E-state index is 12.2. The number of ketones is 1. The van der Waals surface area contributed by atoms with Gasteiger partial charge in [-0.1, -0.05) is 35.9 Å². The molecule has 3 rings (SSSR count). The van der Waals surface area contributed by atoms with Crippen LogP contribution in [0.5, 0.6) is 0 Å². The second kappa shape index (κ2) is 4.86. The van der Waals surface area contributed by atoms with E-state index in [1.165, 1.54) is 0 Å². The average Bonchev–Trinajstić information content (AvgIpc) is 2.81. The van der Waals surface area contributed by atoms with Gasteiger partial charge in [0.05, 0.1) is 22.5 Å². The number of nitrogens with zero attached hydrogens (tertiary/aromatic N) is 1. The number of benzene rings is 2. The molecule has 1 N–H and O–H groups in total. The summed E-state index contributed by atoms with van der Waals surface area (Å²) in [6.45, 7) is 0. The van der Waals surface area contributed by atoms with Crippen molar-refractivity contribution in [1.29, 1.82) is 0 Å². The molecule has 2 aromatic carbocycles. The van der Waals surface area contributed by atoms with Crippen molar-refractivity contribution in [2.24, 2.45) is 0 Å². The molecule has 0 saturated carbocycles. The zero-order valence-corrected chi connectivity index (χ0v) is 10.8. The van der Waals surface area contributed by atoms with E-state index in [2.05, 4.69) is 9.97 Å². The largest absolute Gasteiger partial charge is 0.342 e. The maximum absolute atomic E-state index is 12.2. The zero-order chi connectivity index (χ0) is 13.2. The van der Waals surface area contributed by atoms with Gasteiger partial charge in [-0.05, 0) is 24.3 Å². The molecule has 0 aliphatic heterocycles. The number of para-hydroxylation sites is 2. The summed E-state index contributed by atoms with van der Waals surface area (Å²) in [5, 5.41) is 0.476. The van der Waals surface area contributed by atoms with Crippen LogP contribution in [0.2, 0.25) is 5.02 Å². The van der Waals surface area contributed by atoms with Crippen molar-refractivity contribution >= 4 is 28.4 Å². The Balaban J connectivity index is 1.89. The van der Waals surface area contributed by atoms with E-state index in [-0.39, 0.29) is 12.2 Å². The van der Waals surface area contributed by atoms with E-state index in [1.54, 1.807) is 24.3 Å². The van der Waals surface area contributed by atoms with E-state index in [9.17, 15) is 4.79 Å². The van der Waals surface area contributed by atoms with Gasteiger partial charge < -0.3 is 4.98 Å². The topological polar surface area (TPSA) is 45.8 Å². The van der Waals surface area contributed by atoms with Crippen LogP contribution >= 0.6 is 11.6 Å². The van der Waals surface area contributed by atoms with E-state index in [4.69, 9.17) is 11.6 Å². The number of aromatic nitrogens is 2. The summed E-state index contributed by atoms with van der Waals surface area (Å²) in [6, 6.07) is 14.8. The summed E-state index contributed by atoms with van der Waals surface area (Å²) in [5.74, 6) is 0.621. The summed E-state index contributed by atoms with van der Waals surface area (Å²) in [6.07, 6.45) is 0.221. The third kappa shape index (κ3) is 2.37. The molecule has 0 amide bonds. The van der Waals surface area contributed by atoms with Crippen LogP contribution in [-0.2, 0) is 6.42 Å². The second-order valence-electron chi connectivity index (χ2n) is 4.28. The number of imidazole rings is 1. The lowest BCUT2D eigenvalue weighted by Gasteiger charge is -2.01. The molecular weight excluding hydrogens is 260 g/mol. The quantitative estimate of drug-likeness (QED) is 0.739. The van der Waals surface area contributed by atoms with Crippen LogP contribution < -0.4 is 0 Å². The fraction of sp³-hybridized carbons (Fsp3) is 0.0667. The summed E-state index contributed by atoms with van der Waals surface area (Å²) < 4.78 is 0. The Morgan fingerprint density at radius 2 is 1.84 bits per heavy atom. The highest BCUT2D eigenvalue weighted by atomic mass is 35.5. The van der Waals surface area contributed by atoms with Crippen LogP contribution in [0.15, 0.2) is 48.5 Å². The predicted octanol–water partition coefficient (Wildman–Crippen LogP) is 3.64. The van der Waals surface area contributed by atoms with Crippen molar-refractivity contribution in [3.63, 3.8) is 0 Å². The van der Waals surface area contributed by atoms with Crippen molar-refractivity contribution in [3.8, 4) is 0 Å². The number of hydrogen-bond acceptors (Lipinski definition) is 2. The van der Waals surface area contributed by atoms with Crippen LogP contribution in [0.3, 0.4) is 0 Å². The Bertz CT molecular complexity index is 715. The van der Waals surface area contributed by atoms with Crippen molar-refractivity contribution < 1.29 is 4.79 Å². The molecular formula is C15H11ClN2O. The number of fused-ring (bicyclic) bond motifs is 1. The van der Waals surface area contributed by atoms with E-state index in [1.807, 2.05) is 24.3 Å². The van der Waals surface area contributed by atoms with Gasteiger partial charge >= 0.3 is 0 Å². The highest BCUT2D eigenvalue weighted by Crippen LogP contribution is 2.18. The summed E-state index contributed by atoms with van der Waals surface area (Å²) in [7, 11) is 0. The number of halogens is 1. The van der Waals surface area contributed by atoms with E-state index in [0.29, 0.717) is 16.4 Å². The molecule has 4 heteroatoms. The fourth-order valence-electron chi connectivity index (χ4n) is 2.02. The number of hydrogen-bond donors (Lipinski definition) is 1. The third-order valence-corrected chi connectivity index (χ3v) is 3.27. The van der Waals surface area contributed by atoms with Gasteiger partial charge in [-0.15, -0.1) is 0 Å². The molecule has 1 aromatic heterocycles. The number of nitrogens with one attached hydrogen (secondary N) is 1. The Labute approximate surface area is 115 Å². The summed E-state index contributed by atoms with van der Waals surface area (Å²) in [5.41, 5.74) is 2.33. The first-order chi connectivity index (χ1) is 9.24. The molecule has 0 aliphatic carbocycles. The molecule has 1 heterocycles. The van der Waals surface area contributed by atoms with Crippen molar-refractivity contribution in [2.75, 3.05) is 0 Å². The fourth-order valence-corrected chi connectivity index (χ4v) is 2.27. The highest BCUT2D eigenvalue weighted by Gasteiger charge is 2.12. The zero-order valence-electron chi connectivity index (χ0n) is 10.1. The molecule has 19 heavy (non-hydrogen) atoms. The van der Waals surface area contributed by atoms with Gasteiger partial charge in [0.15, 0.2) is 5.78 Å². The smallest absolute Gasteiger partial charge is 0.171 e. The van der Waals surface area contributed by atoms with Gasteiger partial charge in [-0.25, -0.2) is 4.98 Å². The van der Waals surface area contributed by atoms with Gasteiger partial charge in [0.1, 0.15) is 5.82 Å². The van der Waals surface area contributed by atoms with Gasteiger partial charge in [-0.2, -0.15) is 0 Å². The van der Waals surface area contributed by atoms with Crippen LogP contribution in [-0.4, -0.2) is 15.8 Å². The minimum absolute atomic E-state index is 0.0374. The highest BCUT2D eigenvalue weighted by molar-refractivity contribution is 6.34. The molecule has 0 radical (unpaired) electrons.